The van der Waals surface area contributed by atoms with Crippen molar-refractivity contribution in [2.24, 2.45) is 5.92 Å². The summed E-state index contributed by atoms with van der Waals surface area (Å²) in [4.78, 5) is 13.7. The topological polar surface area (TPSA) is 44.1 Å². The van der Waals surface area contributed by atoms with E-state index in [2.05, 4.69) is 11.0 Å². The minimum absolute atomic E-state index is 0.162. The van der Waals surface area contributed by atoms with Gasteiger partial charge in [0.05, 0.1) is 11.6 Å². The van der Waals surface area contributed by atoms with Gasteiger partial charge in [-0.1, -0.05) is 0 Å². The van der Waals surface area contributed by atoms with Crippen LogP contribution < -0.4 is 4.90 Å². The van der Waals surface area contributed by atoms with Crippen LogP contribution in [-0.2, 0) is 4.79 Å². The number of benzene rings is 1. The SMILES string of the molecule is CC(=O)C1CCCN(c2ccc(C#N)c(C)c2)C1. The number of hydrogen-bond acceptors (Lipinski definition) is 3. The summed E-state index contributed by atoms with van der Waals surface area (Å²) in [6, 6.07) is 8.07. The maximum Gasteiger partial charge on any atom is 0.134 e. The van der Waals surface area contributed by atoms with Gasteiger partial charge in [-0.15, -0.1) is 0 Å². The molecule has 0 spiro atoms. The minimum atomic E-state index is 0.162. The lowest BCUT2D eigenvalue weighted by atomic mass is 9.94. The highest BCUT2D eigenvalue weighted by molar-refractivity contribution is 5.79. The average Bonchev–Trinajstić information content (AvgIpc) is 2.38. The summed E-state index contributed by atoms with van der Waals surface area (Å²) in [5.74, 6) is 0.444. The van der Waals surface area contributed by atoms with Crippen molar-refractivity contribution in [3.63, 3.8) is 0 Å². The van der Waals surface area contributed by atoms with Gasteiger partial charge < -0.3 is 4.90 Å². The molecule has 0 radical (unpaired) electrons. The summed E-state index contributed by atoms with van der Waals surface area (Å²) in [6.07, 6.45) is 2.06. The van der Waals surface area contributed by atoms with E-state index in [4.69, 9.17) is 5.26 Å². The van der Waals surface area contributed by atoms with E-state index in [1.165, 1.54) is 0 Å². The van der Waals surface area contributed by atoms with Crippen LogP contribution in [0.2, 0.25) is 0 Å². The van der Waals surface area contributed by atoms with Crippen molar-refractivity contribution in [2.75, 3.05) is 18.0 Å². The van der Waals surface area contributed by atoms with Gasteiger partial charge in [0.1, 0.15) is 5.78 Å². The van der Waals surface area contributed by atoms with Gasteiger partial charge >= 0.3 is 0 Å². The minimum Gasteiger partial charge on any atom is -0.371 e. The van der Waals surface area contributed by atoms with Gasteiger partial charge in [-0.2, -0.15) is 5.26 Å². The predicted molar refractivity (Wildman–Crippen MR) is 71.5 cm³/mol. The van der Waals surface area contributed by atoms with Crippen LogP contribution in [0.25, 0.3) is 0 Å². The zero-order chi connectivity index (χ0) is 13.1. The Morgan fingerprint density at radius 1 is 1.50 bits per heavy atom. The third-order valence-corrected chi connectivity index (χ3v) is 3.69. The van der Waals surface area contributed by atoms with E-state index in [9.17, 15) is 4.79 Å². The van der Waals surface area contributed by atoms with E-state index in [0.717, 1.165) is 42.7 Å². The molecule has 1 heterocycles. The summed E-state index contributed by atoms with van der Waals surface area (Å²) < 4.78 is 0. The van der Waals surface area contributed by atoms with E-state index in [1.54, 1.807) is 6.92 Å². The zero-order valence-electron chi connectivity index (χ0n) is 10.9. The summed E-state index contributed by atoms with van der Waals surface area (Å²) >= 11 is 0. The number of anilines is 1. The first-order valence-corrected chi connectivity index (χ1v) is 6.38. The normalized spacial score (nSPS) is 19.4. The van der Waals surface area contributed by atoms with Crippen molar-refractivity contribution in [1.29, 1.82) is 5.26 Å². The van der Waals surface area contributed by atoms with E-state index < -0.39 is 0 Å². The molecule has 0 N–H and O–H groups in total. The molecule has 18 heavy (non-hydrogen) atoms. The third-order valence-electron chi connectivity index (χ3n) is 3.69. The molecule has 1 aromatic rings. The standard InChI is InChI=1S/C15H18N2O/c1-11-8-15(6-5-13(11)9-16)17-7-3-4-14(10-17)12(2)18/h5-6,8,14H,3-4,7,10H2,1-2H3. The Hall–Kier alpha value is -1.82. The molecule has 1 fully saturated rings. The summed E-state index contributed by atoms with van der Waals surface area (Å²) in [5.41, 5.74) is 2.84. The lowest BCUT2D eigenvalue weighted by Gasteiger charge is -2.33. The van der Waals surface area contributed by atoms with Gasteiger partial charge in [0.15, 0.2) is 0 Å². The lowest BCUT2D eigenvalue weighted by molar-refractivity contribution is -0.120. The second kappa shape index (κ2) is 5.22. The first-order chi connectivity index (χ1) is 8.61. The Bertz CT molecular complexity index is 502. The van der Waals surface area contributed by atoms with Gasteiger partial charge in [0.2, 0.25) is 0 Å². The molecular weight excluding hydrogens is 224 g/mol. The molecule has 3 heteroatoms. The summed E-state index contributed by atoms with van der Waals surface area (Å²) in [6.45, 7) is 5.43. The van der Waals surface area contributed by atoms with Crippen LogP contribution in [-0.4, -0.2) is 18.9 Å². The number of piperidine rings is 1. The Balaban J connectivity index is 2.19. The number of nitriles is 1. The predicted octanol–water partition coefficient (Wildman–Crippen LogP) is 2.67. The molecular formula is C15H18N2O. The van der Waals surface area contributed by atoms with Crippen LogP contribution in [0.5, 0.6) is 0 Å². The van der Waals surface area contributed by atoms with Crippen LogP contribution in [0.3, 0.4) is 0 Å². The molecule has 1 atom stereocenters. The fourth-order valence-electron chi connectivity index (χ4n) is 2.51. The molecule has 0 aromatic heterocycles. The van der Waals surface area contributed by atoms with Crippen LogP contribution in [0.1, 0.15) is 30.9 Å². The Morgan fingerprint density at radius 3 is 2.89 bits per heavy atom. The van der Waals surface area contributed by atoms with Crippen molar-refractivity contribution in [3.05, 3.63) is 29.3 Å². The van der Waals surface area contributed by atoms with Crippen molar-refractivity contribution in [2.45, 2.75) is 26.7 Å². The quantitative estimate of drug-likeness (QED) is 0.800. The van der Waals surface area contributed by atoms with Crippen molar-refractivity contribution in [1.82, 2.24) is 0 Å². The average molecular weight is 242 g/mol. The largest absolute Gasteiger partial charge is 0.371 e. The Morgan fingerprint density at radius 2 is 2.28 bits per heavy atom. The molecule has 1 aliphatic rings. The maximum absolute atomic E-state index is 11.5. The van der Waals surface area contributed by atoms with Gasteiger partial charge in [-0.05, 0) is 50.5 Å². The summed E-state index contributed by atoms with van der Waals surface area (Å²) in [7, 11) is 0. The van der Waals surface area contributed by atoms with Gasteiger partial charge in [-0.25, -0.2) is 0 Å². The first-order valence-electron chi connectivity index (χ1n) is 6.38. The number of carbonyl (C=O) groups excluding carboxylic acids is 1. The Labute approximate surface area is 108 Å². The fraction of sp³-hybridized carbons (Fsp3) is 0.467. The number of ketones is 1. The smallest absolute Gasteiger partial charge is 0.134 e. The van der Waals surface area contributed by atoms with E-state index in [1.807, 2.05) is 25.1 Å². The molecule has 0 aliphatic carbocycles. The molecule has 2 rings (SSSR count). The number of nitrogens with zero attached hydrogens (tertiary/aromatic N) is 2. The third kappa shape index (κ3) is 2.53. The van der Waals surface area contributed by atoms with E-state index in [0.29, 0.717) is 0 Å². The molecule has 1 aliphatic heterocycles. The highest BCUT2D eigenvalue weighted by atomic mass is 16.1. The van der Waals surface area contributed by atoms with Gasteiger partial charge in [0.25, 0.3) is 0 Å². The molecule has 1 unspecified atom stereocenters. The number of hydrogen-bond donors (Lipinski definition) is 0. The highest BCUT2D eigenvalue weighted by Gasteiger charge is 2.23. The second-order valence-electron chi connectivity index (χ2n) is 5.01. The number of Topliss-reactive ketones (excluding diaryl/α,β-unsaturated/α-hetero) is 1. The van der Waals surface area contributed by atoms with E-state index >= 15 is 0 Å². The molecule has 1 saturated heterocycles. The monoisotopic (exact) mass is 242 g/mol. The number of carbonyl (C=O) groups is 1. The molecule has 94 valence electrons. The molecule has 0 bridgehead atoms. The van der Waals surface area contributed by atoms with Gasteiger partial charge in [0, 0.05) is 24.7 Å². The van der Waals surface area contributed by atoms with Crippen LogP contribution in [0.15, 0.2) is 18.2 Å². The van der Waals surface area contributed by atoms with Crippen molar-refractivity contribution in [3.8, 4) is 6.07 Å². The highest BCUT2D eigenvalue weighted by Crippen LogP contribution is 2.25. The van der Waals surface area contributed by atoms with Crippen LogP contribution >= 0.6 is 0 Å². The Kier molecular flexibility index (Phi) is 3.66. The lowest BCUT2D eigenvalue weighted by Crippen LogP contribution is -2.38. The summed E-state index contributed by atoms with van der Waals surface area (Å²) in [5, 5.41) is 8.93. The van der Waals surface area contributed by atoms with Crippen molar-refractivity contribution >= 4 is 11.5 Å². The van der Waals surface area contributed by atoms with Crippen molar-refractivity contribution < 1.29 is 4.79 Å². The molecule has 3 nitrogen and oxygen atoms in total. The van der Waals surface area contributed by atoms with Gasteiger partial charge in [-0.3, -0.25) is 4.79 Å². The second-order valence-corrected chi connectivity index (χ2v) is 5.01. The molecule has 0 amide bonds. The maximum atomic E-state index is 11.5. The number of aryl methyl sites for hydroxylation is 1. The fourth-order valence-corrected chi connectivity index (χ4v) is 2.51. The number of rotatable bonds is 2. The van der Waals surface area contributed by atoms with E-state index in [-0.39, 0.29) is 11.7 Å². The zero-order valence-corrected chi connectivity index (χ0v) is 10.9. The molecule has 0 saturated carbocycles. The first kappa shape index (κ1) is 12.6. The van der Waals surface area contributed by atoms with Crippen LogP contribution in [0, 0.1) is 24.2 Å². The molecule has 1 aromatic carbocycles. The van der Waals surface area contributed by atoms with Crippen LogP contribution in [0.4, 0.5) is 5.69 Å².